The Morgan fingerprint density at radius 2 is 1.68 bits per heavy atom. The lowest BCUT2D eigenvalue weighted by atomic mass is 10.1. The van der Waals surface area contributed by atoms with E-state index >= 15 is 0 Å². The Balaban J connectivity index is 1.58. The van der Waals surface area contributed by atoms with E-state index < -0.39 is 10.0 Å². The topological polar surface area (TPSA) is 75.3 Å². The van der Waals surface area contributed by atoms with Gasteiger partial charge in [-0.1, -0.05) is 42.5 Å². The monoisotopic (exact) mass is 458 g/mol. The number of hydrogen-bond donors (Lipinski definition) is 2. The van der Waals surface area contributed by atoms with Crippen LogP contribution in [0.1, 0.15) is 21.5 Å². The molecule has 0 saturated heterocycles. The number of thioether (sulfide) groups is 1. The van der Waals surface area contributed by atoms with Gasteiger partial charge in [0.2, 0.25) is 0 Å². The van der Waals surface area contributed by atoms with Gasteiger partial charge in [-0.2, -0.15) is 11.8 Å². The van der Waals surface area contributed by atoms with Gasteiger partial charge in [0.05, 0.1) is 10.6 Å². The van der Waals surface area contributed by atoms with Crippen LogP contribution in [0.2, 0.25) is 0 Å². The van der Waals surface area contributed by atoms with E-state index in [1.54, 1.807) is 61.5 Å². The summed E-state index contributed by atoms with van der Waals surface area (Å²) in [7, 11) is -3.75. The Morgan fingerprint density at radius 1 is 0.968 bits per heavy atom. The molecule has 0 radical (unpaired) electrons. The summed E-state index contributed by atoms with van der Waals surface area (Å²) in [5, 5.41) is 2.83. The second-order valence-electron chi connectivity index (χ2n) is 6.80. The number of amides is 1. The summed E-state index contributed by atoms with van der Waals surface area (Å²) < 4.78 is 41.3. The molecule has 0 fully saturated rings. The minimum absolute atomic E-state index is 0.149. The normalized spacial score (nSPS) is 11.2. The van der Waals surface area contributed by atoms with Crippen LogP contribution < -0.4 is 10.0 Å². The fourth-order valence-corrected chi connectivity index (χ4v) is 4.91. The molecule has 5 nitrogen and oxygen atoms in total. The van der Waals surface area contributed by atoms with Crippen LogP contribution in [0, 0.1) is 12.7 Å². The molecule has 0 atom stereocenters. The molecule has 1 amide bonds. The van der Waals surface area contributed by atoms with Crippen LogP contribution >= 0.6 is 11.8 Å². The molecule has 8 heteroatoms. The molecule has 3 aromatic rings. The molecule has 0 unspecified atom stereocenters. The molecule has 162 valence electrons. The van der Waals surface area contributed by atoms with E-state index in [9.17, 15) is 17.6 Å². The zero-order valence-corrected chi connectivity index (χ0v) is 18.6. The number of carbonyl (C=O) groups excluding carboxylic acids is 1. The maximum Gasteiger partial charge on any atom is 0.261 e. The minimum Gasteiger partial charge on any atom is -0.351 e. The lowest BCUT2D eigenvalue weighted by Gasteiger charge is -2.14. The van der Waals surface area contributed by atoms with Crippen LogP contribution in [-0.2, 0) is 15.8 Å². The van der Waals surface area contributed by atoms with E-state index in [2.05, 4.69) is 10.0 Å². The number of rotatable bonds is 9. The number of hydrogen-bond acceptors (Lipinski definition) is 4. The molecule has 0 aliphatic carbocycles. The van der Waals surface area contributed by atoms with Gasteiger partial charge in [0.15, 0.2) is 0 Å². The van der Waals surface area contributed by atoms with Crippen molar-refractivity contribution in [3.05, 3.63) is 95.3 Å². The molecule has 0 saturated carbocycles. The fraction of sp³-hybridized carbons (Fsp3) is 0.174. The van der Waals surface area contributed by atoms with Gasteiger partial charge in [0.1, 0.15) is 5.82 Å². The quantitative estimate of drug-likeness (QED) is 0.460. The Hall–Kier alpha value is -2.84. The molecule has 0 aromatic heterocycles. The molecule has 0 bridgehead atoms. The second kappa shape index (κ2) is 10.5. The molecule has 0 spiro atoms. The van der Waals surface area contributed by atoms with Crippen molar-refractivity contribution in [2.24, 2.45) is 0 Å². The molecule has 3 rings (SSSR count). The Morgan fingerprint density at radius 3 is 2.42 bits per heavy atom. The van der Waals surface area contributed by atoms with Crippen molar-refractivity contribution in [1.82, 2.24) is 5.32 Å². The predicted octanol–water partition coefficient (Wildman–Crippen LogP) is 4.60. The van der Waals surface area contributed by atoms with Crippen molar-refractivity contribution in [1.29, 1.82) is 0 Å². The van der Waals surface area contributed by atoms with Crippen molar-refractivity contribution in [3.63, 3.8) is 0 Å². The summed E-state index contributed by atoms with van der Waals surface area (Å²) in [5.41, 5.74) is 1.92. The van der Waals surface area contributed by atoms with Crippen LogP contribution in [0.4, 0.5) is 10.1 Å². The average Bonchev–Trinajstić information content (AvgIpc) is 2.76. The van der Waals surface area contributed by atoms with Gasteiger partial charge in [-0.3, -0.25) is 9.52 Å². The summed E-state index contributed by atoms with van der Waals surface area (Å²) in [6, 6.07) is 19.6. The standard InChI is InChI=1S/C23H23FN2O3S2/c1-17-20(23(27)25-14-15-30-16-18-8-5-6-12-21(18)24)11-7-13-22(17)26-31(28,29)19-9-3-2-4-10-19/h2-13,26H,14-16H2,1H3,(H,25,27). The molecule has 0 aliphatic heterocycles. The van der Waals surface area contributed by atoms with Crippen LogP contribution in [0.15, 0.2) is 77.7 Å². The molecule has 2 N–H and O–H groups in total. The van der Waals surface area contributed by atoms with Gasteiger partial charge in [-0.25, -0.2) is 12.8 Å². The number of sulfonamides is 1. The number of halogens is 1. The SMILES string of the molecule is Cc1c(NS(=O)(=O)c2ccccc2)cccc1C(=O)NCCSCc1ccccc1F. The Bertz CT molecular complexity index is 1150. The first kappa shape index (κ1) is 22.8. The number of anilines is 1. The van der Waals surface area contributed by atoms with Crippen molar-refractivity contribution in [2.45, 2.75) is 17.6 Å². The number of nitrogens with one attached hydrogen (secondary N) is 2. The summed E-state index contributed by atoms with van der Waals surface area (Å²) in [6.45, 7) is 2.11. The zero-order chi connectivity index (χ0) is 22.3. The van der Waals surface area contributed by atoms with E-state index in [-0.39, 0.29) is 16.6 Å². The molecular formula is C23H23FN2O3S2. The third kappa shape index (κ3) is 6.08. The van der Waals surface area contributed by atoms with Crippen LogP contribution in [0.3, 0.4) is 0 Å². The van der Waals surface area contributed by atoms with Crippen LogP contribution in [-0.4, -0.2) is 26.6 Å². The van der Waals surface area contributed by atoms with E-state index in [1.807, 2.05) is 0 Å². The minimum atomic E-state index is -3.75. The highest BCUT2D eigenvalue weighted by atomic mass is 32.2. The summed E-state index contributed by atoms with van der Waals surface area (Å²) in [5.74, 6) is 0.631. The van der Waals surface area contributed by atoms with Crippen LogP contribution in [0.5, 0.6) is 0 Å². The lowest BCUT2D eigenvalue weighted by molar-refractivity contribution is 0.0955. The summed E-state index contributed by atoms with van der Waals surface area (Å²) in [4.78, 5) is 12.7. The smallest absolute Gasteiger partial charge is 0.261 e. The zero-order valence-electron chi connectivity index (χ0n) is 17.0. The van der Waals surface area contributed by atoms with Crippen molar-refractivity contribution in [3.8, 4) is 0 Å². The number of benzene rings is 3. The maximum absolute atomic E-state index is 13.6. The van der Waals surface area contributed by atoms with Crippen molar-refractivity contribution < 1.29 is 17.6 Å². The third-order valence-corrected chi connectivity index (χ3v) is 7.01. The summed E-state index contributed by atoms with van der Waals surface area (Å²) in [6.07, 6.45) is 0. The van der Waals surface area contributed by atoms with Gasteiger partial charge < -0.3 is 5.32 Å². The highest BCUT2D eigenvalue weighted by molar-refractivity contribution is 7.98. The predicted molar refractivity (Wildman–Crippen MR) is 123 cm³/mol. The van der Waals surface area contributed by atoms with Crippen molar-refractivity contribution >= 4 is 33.4 Å². The van der Waals surface area contributed by atoms with Gasteiger partial charge in [-0.05, 0) is 48.4 Å². The van der Waals surface area contributed by atoms with Gasteiger partial charge >= 0.3 is 0 Å². The highest BCUT2D eigenvalue weighted by Crippen LogP contribution is 2.22. The first-order valence-electron chi connectivity index (χ1n) is 9.65. The van der Waals surface area contributed by atoms with E-state index in [0.717, 1.165) is 0 Å². The fourth-order valence-electron chi connectivity index (χ4n) is 2.93. The number of carbonyl (C=O) groups is 1. The second-order valence-corrected chi connectivity index (χ2v) is 9.58. The molecule has 0 heterocycles. The Kier molecular flexibility index (Phi) is 7.70. The van der Waals surface area contributed by atoms with E-state index in [0.29, 0.717) is 40.4 Å². The van der Waals surface area contributed by atoms with Gasteiger partial charge in [0.25, 0.3) is 15.9 Å². The third-order valence-electron chi connectivity index (χ3n) is 4.62. The van der Waals surface area contributed by atoms with Crippen LogP contribution in [0.25, 0.3) is 0 Å². The molecule has 0 aliphatic rings. The lowest BCUT2D eigenvalue weighted by Crippen LogP contribution is -2.27. The Labute approximate surface area is 186 Å². The van der Waals surface area contributed by atoms with E-state index in [1.165, 1.54) is 30.0 Å². The molecule has 3 aromatic carbocycles. The first-order valence-corrected chi connectivity index (χ1v) is 12.3. The largest absolute Gasteiger partial charge is 0.351 e. The molecule has 31 heavy (non-hydrogen) atoms. The maximum atomic E-state index is 13.6. The summed E-state index contributed by atoms with van der Waals surface area (Å²) >= 11 is 1.52. The van der Waals surface area contributed by atoms with Gasteiger partial charge in [-0.15, -0.1) is 0 Å². The molecular weight excluding hydrogens is 435 g/mol. The van der Waals surface area contributed by atoms with E-state index in [4.69, 9.17) is 0 Å². The average molecular weight is 459 g/mol. The van der Waals surface area contributed by atoms with Crippen molar-refractivity contribution in [2.75, 3.05) is 17.0 Å². The van der Waals surface area contributed by atoms with Gasteiger partial charge in [0, 0.05) is 23.6 Å². The first-order chi connectivity index (χ1) is 14.9. The highest BCUT2D eigenvalue weighted by Gasteiger charge is 2.17.